The molecular formula is C20H19N7O2. The van der Waals surface area contributed by atoms with Gasteiger partial charge in [-0.3, -0.25) is 4.79 Å². The molecule has 0 saturated carbocycles. The van der Waals surface area contributed by atoms with Gasteiger partial charge in [0.1, 0.15) is 6.10 Å². The second-order valence-electron chi connectivity index (χ2n) is 6.77. The fourth-order valence-corrected chi connectivity index (χ4v) is 3.29. The normalized spacial score (nSPS) is 16.3. The Bertz CT molecular complexity index is 1060. The largest absolute Gasteiger partial charge is 0.472 e. The molecular weight excluding hydrogens is 370 g/mol. The zero-order valence-corrected chi connectivity index (χ0v) is 15.9. The molecule has 3 aromatic heterocycles. The minimum atomic E-state index is -0.196. The smallest absolute Gasteiger partial charge is 0.257 e. The van der Waals surface area contributed by atoms with Crippen molar-refractivity contribution in [2.45, 2.75) is 25.9 Å². The zero-order chi connectivity index (χ0) is 20.2. The summed E-state index contributed by atoms with van der Waals surface area (Å²) in [5.74, 6) is 0.657. The van der Waals surface area contributed by atoms with E-state index in [9.17, 15) is 4.79 Å². The Labute approximate surface area is 167 Å². The number of nitriles is 1. The van der Waals surface area contributed by atoms with Crippen LogP contribution in [0.4, 0.5) is 0 Å². The summed E-state index contributed by atoms with van der Waals surface area (Å²) in [5, 5.41) is 17.3. The number of amides is 1. The van der Waals surface area contributed by atoms with Crippen molar-refractivity contribution in [3.63, 3.8) is 0 Å². The molecule has 29 heavy (non-hydrogen) atoms. The van der Waals surface area contributed by atoms with E-state index in [0.717, 1.165) is 18.5 Å². The van der Waals surface area contributed by atoms with Gasteiger partial charge in [0.2, 0.25) is 5.88 Å². The molecule has 0 radical (unpaired) electrons. The van der Waals surface area contributed by atoms with Gasteiger partial charge in [-0.2, -0.15) is 15.5 Å². The van der Waals surface area contributed by atoms with Crippen LogP contribution in [0, 0.1) is 18.3 Å². The molecule has 146 valence electrons. The number of hydrogen-bond donors (Lipinski definition) is 0. The fourth-order valence-electron chi connectivity index (χ4n) is 3.29. The van der Waals surface area contributed by atoms with E-state index in [1.165, 1.54) is 4.80 Å². The van der Waals surface area contributed by atoms with Crippen molar-refractivity contribution < 1.29 is 9.53 Å². The van der Waals surface area contributed by atoms with Crippen molar-refractivity contribution in [3.05, 3.63) is 59.7 Å². The lowest BCUT2D eigenvalue weighted by Gasteiger charge is -2.32. The molecule has 0 bridgehead atoms. The topological polar surface area (TPSA) is 110 Å². The van der Waals surface area contributed by atoms with E-state index in [2.05, 4.69) is 26.2 Å². The number of carbonyl (C=O) groups is 1. The maximum absolute atomic E-state index is 13.2. The Hall–Kier alpha value is -3.80. The highest BCUT2D eigenvalue weighted by Crippen LogP contribution is 2.21. The molecule has 9 heteroatoms. The molecule has 1 aliphatic rings. The molecule has 3 aromatic rings. The van der Waals surface area contributed by atoms with Gasteiger partial charge in [-0.1, -0.05) is 0 Å². The summed E-state index contributed by atoms with van der Waals surface area (Å²) in [4.78, 5) is 25.0. The van der Waals surface area contributed by atoms with Crippen molar-refractivity contribution in [2.75, 3.05) is 13.1 Å². The lowest BCUT2D eigenvalue weighted by Crippen LogP contribution is -2.44. The Balaban J connectivity index is 1.53. The van der Waals surface area contributed by atoms with E-state index in [1.807, 2.05) is 6.92 Å². The van der Waals surface area contributed by atoms with Crippen molar-refractivity contribution in [2.24, 2.45) is 0 Å². The molecule has 0 aromatic carbocycles. The number of carbonyl (C=O) groups excluding carboxylic acids is 1. The molecule has 4 rings (SSSR count). The first-order chi connectivity index (χ1) is 14.1. The van der Waals surface area contributed by atoms with E-state index >= 15 is 0 Å². The Morgan fingerprint density at radius 1 is 1.24 bits per heavy atom. The number of aryl methyl sites for hydroxylation is 1. The molecule has 0 aliphatic carbocycles. The molecule has 1 atom stereocenters. The number of pyridine rings is 2. The van der Waals surface area contributed by atoms with Crippen LogP contribution in [0.5, 0.6) is 5.88 Å². The van der Waals surface area contributed by atoms with Crippen LogP contribution in [0.2, 0.25) is 0 Å². The molecule has 1 aliphatic heterocycles. The number of ether oxygens (including phenoxy) is 1. The first-order valence-corrected chi connectivity index (χ1v) is 9.30. The summed E-state index contributed by atoms with van der Waals surface area (Å²) in [6.45, 7) is 2.91. The van der Waals surface area contributed by atoms with Crippen LogP contribution in [0.25, 0.3) is 5.82 Å². The second kappa shape index (κ2) is 8.06. The number of rotatable bonds is 4. The summed E-state index contributed by atoms with van der Waals surface area (Å²) >= 11 is 0. The molecule has 0 N–H and O–H groups in total. The van der Waals surface area contributed by atoms with Gasteiger partial charge >= 0.3 is 0 Å². The highest BCUT2D eigenvalue weighted by molar-refractivity contribution is 5.97. The van der Waals surface area contributed by atoms with E-state index in [1.54, 1.807) is 47.8 Å². The van der Waals surface area contributed by atoms with Gasteiger partial charge in [-0.25, -0.2) is 9.97 Å². The van der Waals surface area contributed by atoms with Crippen LogP contribution in [0.15, 0.2) is 42.9 Å². The quantitative estimate of drug-likeness (QED) is 0.670. The zero-order valence-electron chi connectivity index (χ0n) is 15.9. The molecule has 9 nitrogen and oxygen atoms in total. The lowest BCUT2D eigenvalue weighted by molar-refractivity contribution is 0.0527. The van der Waals surface area contributed by atoms with Gasteiger partial charge in [0.25, 0.3) is 5.91 Å². The average Bonchev–Trinajstić information content (AvgIpc) is 3.28. The number of piperidine rings is 1. The average molecular weight is 389 g/mol. The number of aromatic nitrogens is 5. The van der Waals surface area contributed by atoms with E-state index in [-0.39, 0.29) is 12.0 Å². The van der Waals surface area contributed by atoms with Crippen LogP contribution in [-0.2, 0) is 0 Å². The molecule has 1 saturated heterocycles. The molecule has 0 spiro atoms. The predicted molar refractivity (Wildman–Crippen MR) is 102 cm³/mol. The first-order valence-electron chi connectivity index (χ1n) is 9.30. The summed E-state index contributed by atoms with van der Waals surface area (Å²) < 4.78 is 5.93. The van der Waals surface area contributed by atoms with Crippen molar-refractivity contribution >= 4 is 5.91 Å². The predicted octanol–water partition coefficient (Wildman–Crippen LogP) is 1.92. The van der Waals surface area contributed by atoms with Gasteiger partial charge < -0.3 is 9.64 Å². The Morgan fingerprint density at radius 2 is 2.07 bits per heavy atom. The van der Waals surface area contributed by atoms with Crippen LogP contribution < -0.4 is 4.74 Å². The number of nitrogens with zero attached hydrogens (tertiary/aromatic N) is 7. The Kier molecular flexibility index (Phi) is 5.16. The van der Waals surface area contributed by atoms with Gasteiger partial charge in [0.15, 0.2) is 5.82 Å². The lowest BCUT2D eigenvalue weighted by atomic mass is 10.1. The van der Waals surface area contributed by atoms with Crippen LogP contribution >= 0.6 is 0 Å². The van der Waals surface area contributed by atoms with Gasteiger partial charge in [-0.05, 0) is 38.0 Å². The maximum atomic E-state index is 13.2. The highest BCUT2D eigenvalue weighted by atomic mass is 16.5. The third kappa shape index (κ3) is 4.06. The van der Waals surface area contributed by atoms with E-state index < -0.39 is 0 Å². The maximum Gasteiger partial charge on any atom is 0.257 e. The molecule has 4 heterocycles. The summed E-state index contributed by atoms with van der Waals surface area (Å²) in [6, 6.07) is 8.86. The van der Waals surface area contributed by atoms with Crippen molar-refractivity contribution in [3.8, 4) is 17.8 Å². The summed E-state index contributed by atoms with van der Waals surface area (Å²) in [7, 11) is 0. The van der Waals surface area contributed by atoms with Crippen molar-refractivity contribution in [1.29, 1.82) is 5.26 Å². The third-order valence-corrected chi connectivity index (χ3v) is 4.67. The standard InChI is InChI=1S/C20H19N7O2/c1-14-4-5-17(19(25-14)27-23-8-9-24-27)20(28)26-10-2-3-16(13-26)29-18-11-15(12-21)6-7-22-18/h4-9,11,16H,2-3,10,13H2,1H3/t16-/m1/s1. The van der Waals surface area contributed by atoms with Gasteiger partial charge in [-0.15, -0.1) is 4.80 Å². The third-order valence-electron chi connectivity index (χ3n) is 4.67. The first kappa shape index (κ1) is 18.6. The van der Waals surface area contributed by atoms with Gasteiger partial charge in [0.05, 0.1) is 36.1 Å². The van der Waals surface area contributed by atoms with Crippen molar-refractivity contribution in [1.82, 2.24) is 29.9 Å². The molecule has 1 fully saturated rings. The summed E-state index contributed by atoms with van der Waals surface area (Å²) in [6.07, 6.45) is 6.06. The fraction of sp³-hybridized carbons (Fsp3) is 0.300. The van der Waals surface area contributed by atoms with E-state index in [4.69, 9.17) is 10.00 Å². The van der Waals surface area contributed by atoms with Crippen LogP contribution in [0.3, 0.4) is 0 Å². The SMILES string of the molecule is Cc1ccc(C(=O)N2CCC[C@@H](Oc3cc(C#N)ccn3)C2)c(-n2nccn2)n1. The molecule has 0 unspecified atom stereocenters. The minimum Gasteiger partial charge on any atom is -0.472 e. The highest BCUT2D eigenvalue weighted by Gasteiger charge is 2.28. The Morgan fingerprint density at radius 3 is 2.86 bits per heavy atom. The van der Waals surface area contributed by atoms with Gasteiger partial charge in [0, 0.05) is 24.5 Å². The number of likely N-dealkylation sites (tertiary alicyclic amines) is 1. The molecule has 1 amide bonds. The monoisotopic (exact) mass is 389 g/mol. The minimum absolute atomic E-state index is 0.142. The van der Waals surface area contributed by atoms with E-state index in [0.29, 0.717) is 35.9 Å². The second-order valence-corrected chi connectivity index (χ2v) is 6.77. The van der Waals surface area contributed by atoms with Crippen LogP contribution in [-0.4, -0.2) is 55.0 Å². The summed E-state index contributed by atoms with van der Waals surface area (Å²) in [5.41, 5.74) is 1.70. The van der Waals surface area contributed by atoms with Crippen LogP contribution in [0.1, 0.15) is 34.5 Å². The number of hydrogen-bond acceptors (Lipinski definition) is 7.